The standard InChI is InChI=1S/C56H42N2/c1-2-16-39(17-3-1)47-36-37-56(50-25-7-6-24-49(47)50)57(44-21-14-20-42(38-44)46-28-15-19-40-18-4-5-22-45(40)46)43-34-32-41(33-35-43)48-23-8-11-29-53(48)58-54-30-12-9-26-51(54)52-27-10-13-31-55(52)58/h1-12,14-30,32-38,51,54H,13,31H2. The van der Waals surface area contributed by atoms with Crippen molar-refractivity contribution in [2.75, 3.05) is 9.80 Å². The highest BCUT2D eigenvalue weighted by atomic mass is 15.2. The van der Waals surface area contributed by atoms with Crippen LogP contribution < -0.4 is 9.80 Å². The van der Waals surface area contributed by atoms with E-state index < -0.39 is 0 Å². The number of hydrogen-bond acceptors (Lipinski definition) is 2. The maximum Gasteiger partial charge on any atom is 0.0626 e. The van der Waals surface area contributed by atoms with E-state index in [1.165, 1.54) is 71.9 Å². The van der Waals surface area contributed by atoms with E-state index in [2.05, 4.69) is 228 Å². The third-order valence-corrected chi connectivity index (χ3v) is 12.3. The van der Waals surface area contributed by atoms with E-state index in [4.69, 9.17) is 0 Å². The molecule has 276 valence electrons. The molecule has 2 aliphatic carbocycles. The molecule has 0 amide bonds. The zero-order valence-corrected chi connectivity index (χ0v) is 32.2. The summed E-state index contributed by atoms with van der Waals surface area (Å²) in [6.45, 7) is 0. The van der Waals surface area contributed by atoms with Gasteiger partial charge in [0.2, 0.25) is 0 Å². The fourth-order valence-electron chi connectivity index (χ4n) is 9.63. The van der Waals surface area contributed by atoms with Crippen molar-refractivity contribution in [1.29, 1.82) is 0 Å². The number of nitrogens with zero attached hydrogens (tertiary/aromatic N) is 2. The minimum atomic E-state index is 0.287. The molecule has 2 heteroatoms. The lowest BCUT2D eigenvalue weighted by Crippen LogP contribution is -2.33. The predicted octanol–water partition coefficient (Wildman–Crippen LogP) is 15.0. The lowest BCUT2D eigenvalue weighted by Gasteiger charge is -2.33. The molecule has 1 heterocycles. The molecule has 2 unspecified atom stereocenters. The van der Waals surface area contributed by atoms with Gasteiger partial charge < -0.3 is 9.80 Å². The second-order valence-electron chi connectivity index (χ2n) is 15.5. The van der Waals surface area contributed by atoms with E-state index in [1.54, 1.807) is 0 Å². The van der Waals surface area contributed by atoms with Crippen molar-refractivity contribution in [3.63, 3.8) is 0 Å². The summed E-state index contributed by atoms with van der Waals surface area (Å²) in [5, 5.41) is 4.94. The molecule has 3 aliphatic rings. The van der Waals surface area contributed by atoms with Crippen molar-refractivity contribution < 1.29 is 0 Å². The van der Waals surface area contributed by atoms with Gasteiger partial charge >= 0.3 is 0 Å². The molecule has 0 bridgehead atoms. The molecule has 0 radical (unpaired) electrons. The summed E-state index contributed by atoms with van der Waals surface area (Å²) in [5.41, 5.74) is 14.9. The summed E-state index contributed by atoms with van der Waals surface area (Å²) >= 11 is 0. The van der Waals surface area contributed by atoms with Crippen molar-refractivity contribution in [2.24, 2.45) is 5.92 Å². The fraction of sp³-hybridized carbons (Fsp3) is 0.0714. The summed E-state index contributed by atoms with van der Waals surface area (Å²) in [6.07, 6.45) is 16.1. The van der Waals surface area contributed by atoms with Crippen molar-refractivity contribution >= 4 is 44.3 Å². The largest absolute Gasteiger partial charge is 0.336 e. The fourth-order valence-corrected chi connectivity index (χ4v) is 9.63. The monoisotopic (exact) mass is 742 g/mol. The van der Waals surface area contributed by atoms with Crippen LogP contribution in [0.1, 0.15) is 12.8 Å². The predicted molar refractivity (Wildman–Crippen MR) is 246 cm³/mol. The topological polar surface area (TPSA) is 6.48 Å². The molecule has 11 rings (SSSR count). The molecule has 2 nitrogen and oxygen atoms in total. The number of benzene rings is 8. The van der Waals surface area contributed by atoms with Crippen LogP contribution in [0.3, 0.4) is 0 Å². The first kappa shape index (κ1) is 34.1. The van der Waals surface area contributed by atoms with Gasteiger partial charge in [-0.2, -0.15) is 0 Å². The molecule has 0 N–H and O–H groups in total. The molecule has 58 heavy (non-hydrogen) atoms. The highest BCUT2D eigenvalue weighted by Gasteiger charge is 2.39. The minimum absolute atomic E-state index is 0.287. The number of hydrogen-bond donors (Lipinski definition) is 0. The molecule has 8 aromatic carbocycles. The zero-order chi connectivity index (χ0) is 38.4. The van der Waals surface area contributed by atoms with Crippen molar-refractivity contribution in [3.05, 3.63) is 230 Å². The first-order valence-corrected chi connectivity index (χ1v) is 20.5. The highest BCUT2D eigenvalue weighted by molar-refractivity contribution is 6.06. The summed E-state index contributed by atoms with van der Waals surface area (Å²) in [7, 11) is 0. The Bertz CT molecular complexity index is 2960. The van der Waals surface area contributed by atoms with E-state index in [1.807, 2.05) is 0 Å². The Labute approximate surface area is 340 Å². The van der Waals surface area contributed by atoms with Gasteiger partial charge in [0.25, 0.3) is 0 Å². The van der Waals surface area contributed by atoms with E-state index >= 15 is 0 Å². The van der Waals surface area contributed by atoms with E-state index in [9.17, 15) is 0 Å². The van der Waals surface area contributed by atoms with Crippen LogP contribution in [0.2, 0.25) is 0 Å². The first-order chi connectivity index (χ1) is 28.8. The lowest BCUT2D eigenvalue weighted by atomic mass is 9.88. The molecule has 2 atom stereocenters. The second-order valence-corrected chi connectivity index (χ2v) is 15.5. The SMILES string of the molecule is C1=CC2C3=C(CCC=C3)N(c3ccccc3-c3ccc(N(c4cccc(-c5cccc6ccccc56)c4)c4ccc(-c5ccccc5)c5ccccc45)cc3)C2C=C1. The Hall–Kier alpha value is -7.16. The van der Waals surface area contributed by atoms with Gasteiger partial charge in [-0.3, -0.25) is 0 Å². The van der Waals surface area contributed by atoms with E-state index in [-0.39, 0.29) is 6.04 Å². The Morgan fingerprint density at radius 2 is 1.16 bits per heavy atom. The summed E-state index contributed by atoms with van der Waals surface area (Å²) in [5.74, 6) is 0.383. The maximum absolute atomic E-state index is 2.62. The van der Waals surface area contributed by atoms with Crippen molar-refractivity contribution in [3.8, 4) is 33.4 Å². The first-order valence-electron chi connectivity index (χ1n) is 20.5. The van der Waals surface area contributed by atoms with Gasteiger partial charge in [0, 0.05) is 39.6 Å². The quantitative estimate of drug-likeness (QED) is 0.160. The second kappa shape index (κ2) is 14.4. The third kappa shape index (κ3) is 5.80. The molecule has 0 saturated carbocycles. The third-order valence-electron chi connectivity index (χ3n) is 12.3. The van der Waals surface area contributed by atoms with E-state index in [0.29, 0.717) is 5.92 Å². The van der Waals surface area contributed by atoms with Gasteiger partial charge in [-0.1, -0.05) is 182 Å². The van der Waals surface area contributed by atoms with Crippen LogP contribution in [0.25, 0.3) is 54.9 Å². The Morgan fingerprint density at radius 1 is 0.483 bits per heavy atom. The van der Waals surface area contributed by atoms with Crippen LogP contribution >= 0.6 is 0 Å². The number of fused-ring (bicyclic) bond motifs is 4. The van der Waals surface area contributed by atoms with Gasteiger partial charge in [0.15, 0.2) is 0 Å². The highest BCUT2D eigenvalue weighted by Crippen LogP contribution is 2.48. The van der Waals surface area contributed by atoms with Gasteiger partial charge in [-0.25, -0.2) is 0 Å². The van der Waals surface area contributed by atoms with E-state index in [0.717, 1.165) is 29.9 Å². The van der Waals surface area contributed by atoms with Crippen LogP contribution in [-0.4, -0.2) is 6.04 Å². The molecule has 8 aromatic rings. The summed E-state index contributed by atoms with van der Waals surface area (Å²) in [6, 6.07) is 67.0. The van der Waals surface area contributed by atoms with Gasteiger partial charge in [-0.15, -0.1) is 0 Å². The normalized spacial score (nSPS) is 16.9. The van der Waals surface area contributed by atoms with Crippen LogP contribution in [-0.2, 0) is 0 Å². The molecular weight excluding hydrogens is 701 g/mol. The van der Waals surface area contributed by atoms with Crippen LogP contribution in [0.4, 0.5) is 22.7 Å². The van der Waals surface area contributed by atoms with Crippen LogP contribution in [0.5, 0.6) is 0 Å². The Balaban J connectivity index is 1.05. The van der Waals surface area contributed by atoms with Crippen LogP contribution in [0, 0.1) is 5.92 Å². The summed E-state index contributed by atoms with van der Waals surface area (Å²) < 4.78 is 0. The molecule has 0 saturated heterocycles. The lowest BCUT2D eigenvalue weighted by molar-refractivity contribution is 0.681. The van der Waals surface area contributed by atoms with Gasteiger partial charge in [0.1, 0.15) is 0 Å². The number of anilines is 4. The maximum atomic E-state index is 2.62. The molecule has 1 aliphatic heterocycles. The molecule has 0 fully saturated rings. The number of allylic oxidation sites excluding steroid dienone is 5. The molecule has 0 aromatic heterocycles. The van der Waals surface area contributed by atoms with Crippen molar-refractivity contribution in [1.82, 2.24) is 0 Å². The minimum Gasteiger partial charge on any atom is -0.336 e. The van der Waals surface area contributed by atoms with Gasteiger partial charge in [0.05, 0.1) is 11.7 Å². The smallest absolute Gasteiger partial charge is 0.0626 e. The van der Waals surface area contributed by atoms with Crippen LogP contribution in [0.15, 0.2) is 230 Å². The number of para-hydroxylation sites is 1. The van der Waals surface area contributed by atoms with Crippen molar-refractivity contribution in [2.45, 2.75) is 18.9 Å². The van der Waals surface area contributed by atoms with Gasteiger partial charge in [-0.05, 0) is 98.8 Å². The number of rotatable bonds is 7. The average Bonchev–Trinajstić information content (AvgIpc) is 3.64. The zero-order valence-electron chi connectivity index (χ0n) is 32.2. The molecule has 0 spiro atoms. The molecular formula is C56H42N2. The Kier molecular flexibility index (Phi) is 8.47. The summed E-state index contributed by atoms with van der Waals surface area (Å²) in [4.78, 5) is 5.06. The Morgan fingerprint density at radius 3 is 2.05 bits per heavy atom. The average molecular weight is 743 g/mol.